The Balaban J connectivity index is 2.30. The lowest BCUT2D eigenvalue weighted by Crippen LogP contribution is -2.14. The average Bonchev–Trinajstić information content (AvgIpc) is 2.76. The molecule has 1 heterocycles. The molecule has 2 rings (SSSR count). The van der Waals surface area contributed by atoms with Crippen molar-refractivity contribution in [1.29, 1.82) is 0 Å². The number of carbonyl (C=O) groups is 1. The molecule has 0 spiro atoms. The first-order valence-corrected chi connectivity index (χ1v) is 5.64. The predicted molar refractivity (Wildman–Crippen MR) is 71.5 cm³/mol. The first-order valence-electron chi connectivity index (χ1n) is 5.64. The number of nitrogens with two attached hydrogens (primary N) is 1. The van der Waals surface area contributed by atoms with Gasteiger partial charge in [-0.1, -0.05) is 6.07 Å². The molecule has 0 aliphatic heterocycles. The van der Waals surface area contributed by atoms with E-state index >= 15 is 0 Å². The van der Waals surface area contributed by atoms with Crippen molar-refractivity contribution in [3.63, 3.8) is 0 Å². The maximum atomic E-state index is 12.0. The highest BCUT2D eigenvalue weighted by atomic mass is 16.1. The van der Waals surface area contributed by atoms with Gasteiger partial charge >= 0.3 is 0 Å². The third-order valence-corrected chi connectivity index (χ3v) is 2.97. The lowest BCUT2D eigenvalue weighted by molar-refractivity contribution is 0.102. The number of amides is 1. The van der Waals surface area contributed by atoms with Crippen molar-refractivity contribution >= 4 is 17.3 Å². The molecule has 0 radical (unpaired) electrons. The zero-order chi connectivity index (χ0) is 13.3. The molecule has 5 heteroatoms. The fraction of sp³-hybridized carbons (Fsp3) is 0.231. The molecule has 5 nitrogen and oxygen atoms in total. The fourth-order valence-corrected chi connectivity index (χ4v) is 1.73. The van der Waals surface area contributed by atoms with Gasteiger partial charge in [-0.05, 0) is 31.0 Å². The zero-order valence-electron chi connectivity index (χ0n) is 10.7. The number of nitrogens with zero attached hydrogens (tertiary/aromatic N) is 2. The van der Waals surface area contributed by atoms with Gasteiger partial charge in [-0.25, -0.2) is 0 Å². The summed E-state index contributed by atoms with van der Waals surface area (Å²) in [5, 5.41) is 6.80. The lowest BCUT2D eigenvalue weighted by atomic mass is 10.1. The van der Waals surface area contributed by atoms with E-state index in [2.05, 4.69) is 10.4 Å². The van der Waals surface area contributed by atoms with E-state index in [4.69, 9.17) is 5.73 Å². The first kappa shape index (κ1) is 12.2. The Hall–Kier alpha value is -2.30. The van der Waals surface area contributed by atoms with E-state index in [1.165, 1.54) is 6.20 Å². The van der Waals surface area contributed by atoms with Gasteiger partial charge in [0.15, 0.2) is 0 Å². The second kappa shape index (κ2) is 4.52. The molecule has 1 amide bonds. The molecule has 0 aliphatic carbocycles. The average molecular weight is 244 g/mol. The number of benzene rings is 1. The highest BCUT2D eigenvalue weighted by Crippen LogP contribution is 2.26. The lowest BCUT2D eigenvalue weighted by Gasteiger charge is -2.12. The van der Waals surface area contributed by atoms with Gasteiger partial charge in [0, 0.05) is 13.2 Å². The predicted octanol–water partition coefficient (Wildman–Crippen LogP) is 1.87. The van der Waals surface area contributed by atoms with Crippen molar-refractivity contribution in [2.75, 3.05) is 11.1 Å². The van der Waals surface area contributed by atoms with E-state index in [1.54, 1.807) is 24.0 Å². The highest BCUT2D eigenvalue weighted by molar-refractivity contribution is 6.06. The summed E-state index contributed by atoms with van der Waals surface area (Å²) < 4.78 is 1.58. The zero-order valence-corrected chi connectivity index (χ0v) is 10.7. The number of nitrogens with one attached hydrogen (secondary N) is 1. The number of aromatic nitrogens is 2. The van der Waals surface area contributed by atoms with Crippen molar-refractivity contribution in [3.05, 3.63) is 41.2 Å². The molecule has 1 aromatic heterocycles. The number of rotatable bonds is 2. The van der Waals surface area contributed by atoms with E-state index < -0.39 is 0 Å². The van der Waals surface area contributed by atoms with Crippen LogP contribution >= 0.6 is 0 Å². The van der Waals surface area contributed by atoms with E-state index in [0.717, 1.165) is 11.1 Å². The third-order valence-electron chi connectivity index (χ3n) is 2.97. The van der Waals surface area contributed by atoms with Crippen molar-refractivity contribution in [2.24, 2.45) is 7.05 Å². The van der Waals surface area contributed by atoms with Crippen LogP contribution in [-0.2, 0) is 7.05 Å². The number of nitrogen functional groups attached to an aromatic ring is 1. The van der Waals surface area contributed by atoms with Crippen molar-refractivity contribution in [3.8, 4) is 0 Å². The molecule has 0 atom stereocenters. The van der Waals surface area contributed by atoms with Crippen LogP contribution in [0.1, 0.15) is 21.5 Å². The van der Waals surface area contributed by atoms with Crippen LogP contribution in [0, 0.1) is 13.8 Å². The van der Waals surface area contributed by atoms with Crippen molar-refractivity contribution < 1.29 is 4.79 Å². The van der Waals surface area contributed by atoms with Crippen molar-refractivity contribution in [1.82, 2.24) is 9.78 Å². The van der Waals surface area contributed by atoms with Gasteiger partial charge in [0.1, 0.15) is 0 Å². The van der Waals surface area contributed by atoms with E-state index in [9.17, 15) is 4.79 Å². The molecule has 1 aromatic carbocycles. The molecule has 0 aliphatic rings. The molecule has 94 valence electrons. The summed E-state index contributed by atoms with van der Waals surface area (Å²) in [6.45, 7) is 3.92. The van der Waals surface area contributed by atoms with Gasteiger partial charge in [-0.15, -0.1) is 0 Å². The summed E-state index contributed by atoms with van der Waals surface area (Å²) in [5.74, 6) is -0.205. The fourth-order valence-electron chi connectivity index (χ4n) is 1.73. The monoisotopic (exact) mass is 244 g/mol. The molecule has 18 heavy (non-hydrogen) atoms. The highest BCUT2D eigenvalue weighted by Gasteiger charge is 2.12. The summed E-state index contributed by atoms with van der Waals surface area (Å²) in [4.78, 5) is 12.0. The van der Waals surface area contributed by atoms with Crippen LogP contribution in [0.15, 0.2) is 24.5 Å². The maximum absolute atomic E-state index is 12.0. The Labute approximate surface area is 106 Å². The molecule has 0 saturated carbocycles. The third kappa shape index (κ3) is 2.20. The quantitative estimate of drug-likeness (QED) is 0.792. The smallest absolute Gasteiger partial charge is 0.258 e. The standard InChI is InChI=1S/C13H16N4O/c1-8-4-5-11(14)12(9(8)2)16-13(18)10-6-15-17(3)7-10/h4-7H,14H2,1-3H3,(H,16,18). The Morgan fingerprint density at radius 3 is 2.72 bits per heavy atom. The second-order valence-electron chi connectivity index (χ2n) is 4.33. The van der Waals surface area contributed by atoms with Crippen LogP contribution in [0.2, 0.25) is 0 Å². The summed E-state index contributed by atoms with van der Waals surface area (Å²) in [7, 11) is 1.77. The normalized spacial score (nSPS) is 10.4. The van der Waals surface area contributed by atoms with Crippen LogP contribution in [0.25, 0.3) is 0 Å². The molecular formula is C13H16N4O. The first-order chi connectivity index (χ1) is 8.49. The molecule has 3 N–H and O–H groups in total. The summed E-state index contributed by atoms with van der Waals surface area (Å²) in [5.41, 5.74) is 9.70. The van der Waals surface area contributed by atoms with Gasteiger partial charge in [0.25, 0.3) is 5.91 Å². The van der Waals surface area contributed by atoms with Gasteiger partial charge in [0.2, 0.25) is 0 Å². The van der Waals surface area contributed by atoms with Crippen LogP contribution in [0.4, 0.5) is 11.4 Å². The van der Waals surface area contributed by atoms with Crippen LogP contribution in [-0.4, -0.2) is 15.7 Å². The molecule has 0 bridgehead atoms. The number of aryl methyl sites for hydroxylation is 2. The van der Waals surface area contributed by atoms with Gasteiger partial charge in [-0.2, -0.15) is 5.10 Å². The minimum atomic E-state index is -0.205. The Morgan fingerprint density at radius 1 is 1.39 bits per heavy atom. The minimum absolute atomic E-state index is 0.205. The molecular weight excluding hydrogens is 228 g/mol. The number of hydrogen-bond donors (Lipinski definition) is 2. The minimum Gasteiger partial charge on any atom is -0.397 e. The van der Waals surface area contributed by atoms with Gasteiger partial charge in [-0.3, -0.25) is 9.48 Å². The SMILES string of the molecule is Cc1ccc(N)c(NC(=O)c2cnn(C)c2)c1C. The van der Waals surface area contributed by atoms with Crippen LogP contribution < -0.4 is 11.1 Å². The maximum Gasteiger partial charge on any atom is 0.258 e. The molecule has 0 unspecified atom stereocenters. The van der Waals surface area contributed by atoms with E-state index in [-0.39, 0.29) is 5.91 Å². The Kier molecular flexibility index (Phi) is 3.06. The number of anilines is 2. The largest absolute Gasteiger partial charge is 0.397 e. The van der Waals surface area contributed by atoms with Crippen molar-refractivity contribution in [2.45, 2.75) is 13.8 Å². The van der Waals surface area contributed by atoms with Gasteiger partial charge < -0.3 is 11.1 Å². The van der Waals surface area contributed by atoms with E-state index in [0.29, 0.717) is 16.9 Å². The Bertz CT molecular complexity index is 601. The van der Waals surface area contributed by atoms with Crippen LogP contribution in [0.3, 0.4) is 0 Å². The summed E-state index contributed by atoms with van der Waals surface area (Å²) >= 11 is 0. The summed E-state index contributed by atoms with van der Waals surface area (Å²) in [6, 6.07) is 3.73. The van der Waals surface area contributed by atoms with E-state index in [1.807, 2.05) is 19.9 Å². The van der Waals surface area contributed by atoms with Gasteiger partial charge in [0.05, 0.1) is 23.1 Å². The molecule has 0 fully saturated rings. The molecule has 0 saturated heterocycles. The summed E-state index contributed by atoms with van der Waals surface area (Å²) in [6.07, 6.45) is 3.19. The number of carbonyl (C=O) groups excluding carboxylic acids is 1. The topological polar surface area (TPSA) is 72.9 Å². The molecule has 2 aromatic rings. The van der Waals surface area contributed by atoms with Crippen LogP contribution in [0.5, 0.6) is 0 Å². The Morgan fingerprint density at radius 2 is 2.11 bits per heavy atom. The number of hydrogen-bond acceptors (Lipinski definition) is 3. The second-order valence-corrected chi connectivity index (χ2v) is 4.33.